The number of nitrogens with two attached hydrogens (primary N) is 1. The maximum Gasteiger partial charge on any atom is 0.251 e. The molecular formula is C20H24N4O2. The molecule has 2 aromatic rings. The number of aryl methyl sites for hydroxylation is 1. The molecule has 1 aromatic carbocycles. The molecule has 136 valence electrons. The van der Waals surface area contributed by atoms with Crippen LogP contribution in [0, 0.1) is 6.92 Å². The molecule has 0 atom stereocenters. The van der Waals surface area contributed by atoms with E-state index in [2.05, 4.69) is 10.3 Å². The fourth-order valence-corrected chi connectivity index (χ4v) is 3.16. The first kappa shape index (κ1) is 17.9. The summed E-state index contributed by atoms with van der Waals surface area (Å²) in [5.74, 6) is 0.546. The smallest absolute Gasteiger partial charge is 0.251 e. The Morgan fingerprint density at radius 3 is 2.88 bits per heavy atom. The molecule has 1 aliphatic rings. The molecular weight excluding hydrogens is 328 g/mol. The Kier molecular flexibility index (Phi) is 5.51. The number of aromatic nitrogens is 1. The molecule has 0 radical (unpaired) electrons. The SMILES string of the molecule is Cc1ccc(-c2cccc(C(=O)NCCCN3CCCC3=O)c2)c(N)n1. The number of likely N-dealkylation sites (tertiary alicyclic amines) is 1. The number of nitrogens with one attached hydrogen (secondary N) is 1. The van der Waals surface area contributed by atoms with Gasteiger partial charge in [0.2, 0.25) is 5.91 Å². The number of hydrogen-bond donors (Lipinski definition) is 2. The van der Waals surface area contributed by atoms with Crippen LogP contribution in [-0.2, 0) is 4.79 Å². The molecule has 1 fully saturated rings. The zero-order valence-electron chi connectivity index (χ0n) is 15.0. The van der Waals surface area contributed by atoms with Crippen LogP contribution >= 0.6 is 0 Å². The van der Waals surface area contributed by atoms with Crippen LogP contribution in [0.4, 0.5) is 5.82 Å². The molecule has 0 saturated carbocycles. The average Bonchev–Trinajstić information content (AvgIpc) is 3.03. The van der Waals surface area contributed by atoms with Gasteiger partial charge in [-0.3, -0.25) is 9.59 Å². The van der Waals surface area contributed by atoms with Crippen molar-refractivity contribution in [3.63, 3.8) is 0 Å². The Morgan fingerprint density at radius 2 is 2.15 bits per heavy atom. The highest BCUT2D eigenvalue weighted by atomic mass is 16.2. The molecule has 26 heavy (non-hydrogen) atoms. The van der Waals surface area contributed by atoms with Crippen LogP contribution in [0.1, 0.15) is 35.3 Å². The third kappa shape index (κ3) is 4.20. The number of carbonyl (C=O) groups is 2. The van der Waals surface area contributed by atoms with Gasteiger partial charge in [-0.05, 0) is 49.6 Å². The van der Waals surface area contributed by atoms with Crippen molar-refractivity contribution in [3.8, 4) is 11.1 Å². The number of hydrogen-bond acceptors (Lipinski definition) is 4. The zero-order valence-corrected chi connectivity index (χ0v) is 15.0. The molecule has 2 heterocycles. The Hall–Kier alpha value is -2.89. The molecule has 2 amide bonds. The first-order chi connectivity index (χ1) is 12.5. The minimum atomic E-state index is -0.127. The average molecular weight is 352 g/mol. The van der Waals surface area contributed by atoms with E-state index in [1.165, 1.54) is 0 Å². The second-order valence-corrected chi connectivity index (χ2v) is 6.56. The third-order valence-electron chi connectivity index (χ3n) is 4.56. The van der Waals surface area contributed by atoms with E-state index in [1.807, 2.05) is 42.2 Å². The zero-order chi connectivity index (χ0) is 18.5. The fraction of sp³-hybridized carbons (Fsp3) is 0.350. The minimum Gasteiger partial charge on any atom is -0.383 e. The first-order valence-corrected chi connectivity index (χ1v) is 8.94. The summed E-state index contributed by atoms with van der Waals surface area (Å²) in [6, 6.07) is 11.2. The van der Waals surface area contributed by atoms with Crippen molar-refractivity contribution in [1.82, 2.24) is 15.2 Å². The number of benzene rings is 1. The Morgan fingerprint density at radius 1 is 1.31 bits per heavy atom. The summed E-state index contributed by atoms with van der Waals surface area (Å²) in [5.41, 5.74) is 9.13. The molecule has 0 bridgehead atoms. The maximum atomic E-state index is 12.4. The van der Waals surface area contributed by atoms with Crippen LogP contribution in [0.25, 0.3) is 11.1 Å². The lowest BCUT2D eigenvalue weighted by molar-refractivity contribution is -0.127. The van der Waals surface area contributed by atoms with Gasteiger partial charge in [-0.2, -0.15) is 0 Å². The van der Waals surface area contributed by atoms with Gasteiger partial charge >= 0.3 is 0 Å². The molecule has 1 aliphatic heterocycles. The van der Waals surface area contributed by atoms with Gasteiger partial charge in [-0.15, -0.1) is 0 Å². The highest BCUT2D eigenvalue weighted by Gasteiger charge is 2.19. The van der Waals surface area contributed by atoms with Gasteiger partial charge in [-0.25, -0.2) is 4.98 Å². The van der Waals surface area contributed by atoms with Crippen LogP contribution < -0.4 is 11.1 Å². The number of nitrogen functional groups attached to an aromatic ring is 1. The first-order valence-electron chi connectivity index (χ1n) is 8.94. The second kappa shape index (κ2) is 7.99. The topological polar surface area (TPSA) is 88.3 Å². The number of nitrogens with zero attached hydrogens (tertiary/aromatic N) is 2. The van der Waals surface area contributed by atoms with Crippen LogP contribution in [-0.4, -0.2) is 41.3 Å². The van der Waals surface area contributed by atoms with Crippen molar-refractivity contribution < 1.29 is 9.59 Å². The summed E-state index contributed by atoms with van der Waals surface area (Å²) < 4.78 is 0. The Bertz CT molecular complexity index is 819. The summed E-state index contributed by atoms with van der Waals surface area (Å²) in [5, 5.41) is 2.92. The largest absolute Gasteiger partial charge is 0.383 e. The number of anilines is 1. The maximum absolute atomic E-state index is 12.4. The van der Waals surface area contributed by atoms with Crippen LogP contribution in [0.2, 0.25) is 0 Å². The number of amides is 2. The Balaban J connectivity index is 1.58. The number of carbonyl (C=O) groups excluding carboxylic acids is 2. The van der Waals surface area contributed by atoms with E-state index >= 15 is 0 Å². The van der Waals surface area contributed by atoms with Gasteiger partial charge in [0, 0.05) is 42.9 Å². The molecule has 1 aromatic heterocycles. The molecule has 0 unspecified atom stereocenters. The van der Waals surface area contributed by atoms with Gasteiger partial charge in [0.25, 0.3) is 5.91 Å². The van der Waals surface area contributed by atoms with Crippen molar-refractivity contribution in [1.29, 1.82) is 0 Å². The predicted molar refractivity (Wildman–Crippen MR) is 102 cm³/mol. The summed E-state index contributed by atoms with van der Waals surface area (Å²) in [4.78, 5) is 30.1. The molecule has 6 nitrogen and oxygen atoms in total. The summed E-state index contributed by atoms with van der Waals surface area (Å²) >= 11 is 0. The normalized spacial score (nSPS) is 13.9. The molecule has 0 spiro atoms. The highest BCUT2D eigenvalue weighted by molar-refractivity contribution is 5.95. The van der Waals surface area contributed by atoms with Crippen molar-refractivity contribution in [2.45, 2.75) is 26.2 Å². The van der Waals surface area contributed by atoms with Crippen molar-refractivity contribution in [3.05, 3.63) is 47.7 Å². The molecule has 6 heteroatoms. The van der Waals surface area contributed by atoms with Crippen LogP contribution in [0.5, 0.6) is 0 Å². The van der Waals surface area contributed by atoms with E-state index in [9.17, 15) is 9.59 Å². The minimum absolute atomic E-state index is 0.127. The number of rotatable bonds is 6. The Labute approximate surface area is 153 Å². The quantitative estimate of drug-likeness (QED) is 0.781. The lowest BCUT2D eigenvalue weighted by Crippen LogP contribution is -2.30. The van der Waals surface area contributed by atoms with Crippen molar-refractivity contribution >= 4 is 17.6 Å². The standard InChI is InChI=1S/C20H24N4O2/c1-14-8-9-17(19(21)23-14)15-5-2-6-16(13-15)20(26)22-10-4-12-24-11-3-7-18(24)25/h2,5-6,8-9,13H,3-4,7,10-12H2,1H3,(H2,21,23)(H,22,26). The molecule has 3 N–H and O–H groups in total. The molecule has 0 aliphatic carbocycles. The van der Waals surface area contributed by atoms with E-state index in [0.717, 1.165) is 36.2 Å². The fourth-order valence-electron chi connectivity index (χ4n) is 3.16. The van der Waals surface area contributed by atoms with E-state index in [4.69, 9.17) is 5.73 Å². The van der Waals surface area contributed by atoms with Gasteiger partial charge < -0.3 is 16.0 Å². The molecule has 1 saturated heterocycles. The van der Waals surface area contributed by atoms with Crippen LogP contribution in [0.15, 0.2) is 36.4 Å². The lowest BCUT2D eigenvalue weighted by Gasteiger charge is -2.15. The monoisotopic (exact) mass is 352 g/mol. The van der Waals surface area contributed by atoms with Gasteiger partial charge in [0.05, 0.1) is 0 Å². The summed E-state index contributed by atoms with van der Waals surface area (Å²) in [6.07, 6.45) is 2.34. The second-order valence-electron chi connectivity index (χ2n) is 6.56. The van der Waals surface area contributed by atoms with Gasteiger partial charge in [0.15, 0.2) is 0 Å². The number of pyridine rings is 1. The highest BCUT2D eigenvalue weighted by Crippen LogP contribution is 2.25. The van der Waals surface area contributed by atoms with E-state index in [0.29, 0.717) is 30.9 Å². The van der Waals surface area contributed by atoms with E-state index in [1.54, 1.807) is 6.07 Å². The van der Waals surface area contributed by atoms with Crippen LogP contribution in [0.3, 0.4) is 0 Å². The van der Waals surface area contributed by atoms with Crippen molar-refractivity contribution in [2.75, 3.05) is 25.4 Å². The van der Waals surface area contributed by atoms with Gasteiger partial charge in [-0.1, -0.05) is 12.1 Å². The van der Waals surface area contributed by atoms with Crippen molar-refractivity contribution in [2.24, 2.45) is 0 Å². The van der Waals surface area contributed by atoms with E-state index < -0.39 is 0 Å². The predicted octanol–water partition coefficient (Wildman–Crippen LogP) is 2.38. The molecule has 3 rings (SSSR count). The lowest BCUT2D eigenvalue weighted by atomic mass is 10.0. The van der Waals surface area contributed by atoms with Gasteiger partial charge in [0.1, 0.15) is 5.82 Å². The summed E-state index contributed by atoms with van der Waals surface area (Å²) in [6.45, 7) is 3.96. The van der Waals surface area contributed by atoms with E-state index in [-0.39, 0.29) is 11.8 Å². The third-order valence-corrected chi connectivity index (χ3v) is 4.56. The summed E-state index contributed by atoms with van der Waals surface area (Å²) in [7, 11) is 0.